The first-order valence-corrected chi connectivity index (χ1v) is 15.0. The summed E-state index contributed by atoms with van der Waals surface area (Å²) in [5, 5.41) is 10.2. The standard InChI is InChI=1S/C24H21N7.C7H7NO2.ClHO4.Zn/c1-2-8-17-16(7-1)25-22(26-17)13-31(14-23-27-18-9-3-4-10-19(18)28-23)15-24-29-20-11-5-6-12-21(20)30-24;8-6-4-2-1-3-5(6)7(9)10;2-1(3,4)5;/h1-12H,13-15H2,(H,25,26)(H,27,28)(H,29,30);1-4H,8H2,(H,9,10);(H,2,3,4,5);/q;;;+2/p-2. The topological polar surface area (TPSA) is 248 Å². The van der Waals surface area contributed by atoms with Gasteiger partial charge in [0.15, 0.2) is 0 Å². The number of halogens is 1. The van der Waals surface area contributed by atoms with Crippen LogP contribution < -0.4 is 29.5 Å². The van der Waals surface area contributed by atoms with E-state index in [-0.39, 0.29) is 30.7 Å². The van der Waals surface area contributed by atoms with Gasteiger partial charge < -0.3 is 30.6 Å². The number of carboxylic acid groups (broad SMARTS) is 1. The summed E-state index contributed by atoms with van der Waals surface area (Å²) in [5.74, 6) is 1.54. The maximum absolute atomic E-state index is 10.2. The van der Waals surface area contributed by atoms with E-state index in [9.17, 15) is 9.90 Å². The number of imidazole rings is 3. The third-order valence-corrected chi connectivity index (χ3v) is 6.62. The summed E-state index contributed by atoms with van der Waals surface area (Å²) in [7, 11) is -4.94. The number of anilines is 1. The molecule has 0 saturated heterocycles. The second-order valence-electron chi connectivity index (χ2n) is 10.00. The molecule has 16 heteroatoms. The fraction of sp³-hybridized carbons (Fsp3) is 0.0968. The zero-order chi connectivity index (χ0) is 32.7. The molecule has 0 aliphatic carbocycles. The van der Waals surface area contributed by atoms with Crippen LogP contribution in [0.5, 0.6) is 0 Å². The molecule has 0 saturated carbocycles. The normalized spacial score (nSPS) is 11.1. The summed E-state index contributed by atoms with van der Waals surface area (Å²) >= 11 is 0. The van der Waals surface area contributed by atoms with E-state index in [0.29, 0.717) is 19.6 Å². The van der Waals surface area contributed by atoms with Crippen molar-refractivity contribution in [1.82, 2.24) is 34.8 Å². The number of aromatic nitrogens is 6. The Morgan fingerprint density at radius 3 is 1.23 bits per heavy atom. The second kappa shape index (κ2) is 15.7. The summed E-state index contributed by atoms with van der Waals surface area (Å²) in [5.41, 5.74) is 11.7. The van der Waals surface area contributed by atoms with E-state index < -0.39 is 16.2 Å². The van der Waals surface area contributed by atoms with Crippen LogP contribution in [0.1, 0.15) is 27.8 Å². The molecule has 0 fully saturated rings. The zero-order valence-electron chi connectivity index (χ0n) is 24.8. The van der Waals surface area contributed by atoms with E-state index in [1.165, 1.54) is 12.1 Å². The maximum Gasteiger partial charge on any atom is 2.00 e. The zero-order valence-corrected chi connectivity index (χ0v) is 28.5. The summed E-state index contributed by atoms with van der Waals surface area (Å²) in [6.45, 7) is 1.97. The molecule has 0 spiro atoms. The maximum atomic E-state index is 10.2. The summed E-state index contributed by atoms with van der Waals surface area (Å²) in [4.78, 5) is 37.1. The van der Waals surface area contributed by atoms with Crippen molar-refractivity contribution in [3.05, 3.63) is 120 Å². The van der Waals surface area contributed by atoms with Crippen LogP contribution in [0, 0.1) is 10.2 Å². The van der Waals surface area contributed by atoms with Crippen molar-refractivity contribution >= 4 is 44.8 Å². The number of benzene rings is 4. The minimum atomic E-state index is -4.94. The molecule has 3 heterocycles. The van der Waals surface area contributed by atoms with Crippen molar-refractivity contribution in [2.75, 3.05) is 5.73 Å². The van der Waals surface area contributed by atoms with Crippen LogP contribution in [0.3, 0.4) is 0 Å². The van der Waals surface area contributed by atoms with Gasteiger partial charge in [-0.3, -0.25) is 4.90 Å². The molecule has 0 unspecified atom stereocenters. The van der Waals surface area contributed by atoms with Crippen molar-refractivity contribution in [1.29, 1.82) is 0 Å². The monoisotopic (exact) mass is 706 g/mol. The Hall–Kier alpha value is -4.73. The van der Waals surface area contributed by atoms with Crippen molar-refractivity contribution in [2.24, 2.45) is 0 Å². The molecule has 14 nitrogen and oxygen atoms in total. The molecule has 5 N–H and O–H groups in total. The Bertz CT molecular complexity index is 1790. The van der Waals surface area contributed by atoms with E-state index >= 15 is 0 Å². The SMILES string of the molecule is Nc1ccccc1C(=O)[O-].[O-][Cl+3]([O-])([O-])[O-].[Zn+2].c1ccc2[nH]c(CN(Cc3nc4ccccc4[nH]3)Cc3nc4ccccc4[nH]3)nc2c1. The van der Waals surface area contributed by atoms with Crippen molar-refractivity contribution in [3.63, 3.8) is 0 Å². The fourth-order valence-electron chi connectivity index (χ4n) is 4.73. The van der Waals surface area contributed by atoms with Crippen LogP contribution in [0.15, 0.2) is 97.1 Å². The number of carboxylic acids is 1. The van der Waals surface area contributed by atoms with E-state index in [1.54, 1.807) is 12.1 Å². The third kappa shape index (κ3) is 10.1. The predicted octanol–water partition coefficient (Wildman–Crippen LogP) is -0.608. The summed E-state index contributed by atoms with van der Waals surface area (Å²) in [6.07, 6.45) is 0. The number of nitrogens with zero attached hydrogens (tertiary/aromatic N) is 4. The van der Waals surface area contributed by atoms with E-state index in [1.807, 2.05) is 54.6 Å². The quantitative estimate of drug-likeness (QED) is 0.120. The molecule has 7 rings (SSSR count). The van der Waals surface area contributed by atoms with Crippen LogP contribution in [0.25, 0.3) is 33.1 Å². The van der Waals surface area contributed by atoms with Gasteiger partial charge in [-0.2, -0.15) is 0 Å². The average molecular weight is 708 g/mol. The van der Waals surface area contributed by atoms with Gasteiger partial charge in [0.05, 0.1) is 58.7 Å². The van der Waals surface area contributed by atoms with Gasteiger partial charge >= 0.3 is 19.5 Å². The number of H-pyrrole nitrogens is 3. The number of para-hydroxylation sites is 7. The molecule has 0 radical (unpaired) electrons. The van der Waals surface area contributed by atoms with Crippen LogP contribution in [-0.2, 0) is 39.1 Å². The van der Waals surface area contributed by atoms with Crippen LogP contribution >= 0.6 is 0 Å². The Kier molecular flexibility index (Phi) is 11.7. The minimum Gasteiger partial charge on any atom is -0.545 e. The third-order valence-electron chi connectivity index (χ3n) is 6.62. The van der Waals surface area contributed by atoms with Gasteiger partial charge in [-0.05, 0) is 42.5 Å². The van der Waals surface area contributed by atoms with E-state index in [4.69, 9.17) is 39.3 Å². The molecule has 0 aliphatic rings. The van der Waals surface area contributed by atoms with Gasteiger partial charge in [-0.25, -0.2) is 33.6 Å². The largest absolute Gasteiger partial charge is 2.00 e. The molecular formula is C31H27ClN8O6Zn. The first kappa shape index (κ1) is 35.1. The number of carbonyl (C=O) groups is 1. The van der Waals surface area contributed by atoms with Gasteiger partial charge in [-0.1, -0.05) is 54.6 Å². The Balaban J connectivity index is 0.000000262. The molecule has 0 aliphatic heterocycles. The van der Waals surface area contributed by atoms with Crippen molar-refractivity contribution < 1.29 is 58.3 Å². The number of nitrogens with one attached hydrogen (secondary N) is 3. The molecule has 7 aromatic rings. The van der Waals surface area contributed by atoms with Gasteiger partial charge in [0.2, 0.25) is 0 Å². The van der Waals surface area contributed by atoms with Crippen LogP contribution in [0.4, 0.5) is 5.69 Å². The second-order valence-corrected chi connectivity index (χ2v) is 10.8. The molecule has 3 aromatic heterocycles. The van der Waals surface area contributed by atoms with Gasteiger partial charge in [0, 0.05) is 11.3 Å². The molecular weight excluding hydrogens is 681 g/mol. The smallest absolute Gasteiger partial charge is 0.545 e. The first-order valence-electron chi connectivity index (χ1n) is 13.7. The number of aromatic amines is 3. The number of rotatable bonds is 7. The van der Waals surface area contributed by atoms with E-state index in [0.717, 1.165) is 50.6 Å². The van der Waals surface area contributed by atoms with Crippen molar-refractivity contribution in [3.8, 4) is 0 Å². The molecule has 0 bridgehead atoms. The molecule has 0 amide bonds. The predicted molar refractivity (Wildman–Crippen MR) is 156 cm³/mol. The average Bonchev–Trinajstić information content (AvgIpc) is 3.72. The molecule has 4 aromatic carbocycles. The summed E-state index contributed by atoms with van der Waals surface area (Å²) < 4.78 is 34.0. The van der Waals surface area contributed by atoms with E-state index in [2.05, 4.69) is 38.1 Å². The Labute approximate surface area is 282 Å². The number of hydrogen-bond acceptors (Lipinski definition) is 11. The van der Waals surface area contributed by atoms with Gasteiger partial charge in [0.25, 0.3) is 0 Å². The minimum absolute atomic E-state index is 0. The molecule has 236 valence electrons. The van der Waals surface area contributed by atoms with Crippen molar-refractivity contribution in [2.45, 2.75) is 19.6 Å². The number of aromatic carboxylic acids is 1. The fourth-order valence-corrected chi connectivity index (χ4v) is 4.73. The Morgan fingerprint density at radius 1 is 0.617 bits per heavy atom. The molecule has 47 heavy (non-hydrogen) atoms. The van der Waals surface area contributed by atoms with Gasteiger partial charge in [0.1, 0.15) is 17.5 Å². The van der Waals surface area contributed by atoms with Crippen LogP contribution in [-0.4, -0.2) is 40.8 Å². The number of carbonyl (C=O) groups excluding carboxylic acids is 1. The number of nitrogen functional groups attached to an aromatic ring is 1. The van der Waals surface area contributed by atoms with Gasteiger partial charge in [-0.15, -0.1) is 10.2 Å². The molecule has 0 atom stereocenters. The number of hydrogen-bond donors (Lipinski definition) is 4. The number of fused-ring (bicyclic) bond motifs is 3. The first-order chi connectivity index (χ1) is 22.0. The summed E-state index contributed by atoms with van der Waals surface area (Å²) in [6, 6.07) is 30.5. The number of nitrogens with two attached hydrogens (primary N) is 1. The van der Waals surface area contributed by atoms with Crippen LogP contribution in [0.2, 0.25) is 0 Å². The Morgan fingerprint density at radius 2 is 0.936 bits per heavy atom.